The number of halogens is 8. The molecule has 2 N–H and O–H groups in total. The molecule has 0 bridgehead atoms. The van der Waals surface area contributed by atoms with Crippen LogP contribution in [0.15, 0.2) is 18.2 Å². The van der Waals surface area contributed by atoms with Crippen molar-refractivity contribution < 1.29 is 30.7 Å². The monoisotopic (exact) mass is 311 g/mol. The van der Waals surface area contributed by atoms with Crippen LogP contribution in [-0.4, -0.2) is 6.67 Å². The van der Waals surface area contributed by atoms with Crippen LogP contribution in [0.3, 0.4) is 0 Å². The Balaban J connectivity index is 0.00000324. The third-order valence-electron chi connectivity index (χ3n) is 2.20. The maximum Gasteiger partial charge on any atom is 0.416 e. The Morgan fingerprint density at radius 1 is 0.895 bits per heavy atom. The first-order chi connectivity index (χ1) is 8.05. The van der Waals surface area contributed by atoms with Crippen molar-refractivity contribution in [3.63, 3.8) is 0 Å². The lowest BCUT2D eigenvalue weighted by molar-refractivity contribution is -0.143. The first-order valence-electron chi connectivity index (χ1n) is 4.66. The number of hydrogen-bond donors (Lipinski definition) is 1. The first kappa shape index (κ1) is 18.0. The van der Waals surface area contributed by atoms with Crippen LogP contribution in [0.5, 0.6) is 0 Å². The Morgan fingerprint density at radius 3 is 1.53 bits per heavy atom. The Morgan fingerprint density at radius 2 is 1.26 bits per heavy atom. The van der Waals surface area contributed by atoms with Crippen LogP contribution in [0.1, 0.15) is 22.7 Å². The summed E-state index contributed by atoms with van der Waals surface area (Å²) >= 11 is 0. The van der Waals surface area contributed by atoms with E-state index >= 15 is 0 Å². The molecule has 19 heavy (non-hydrogen) atoms. The highest BCUT2D eigenvalue weighted by Gasteiger charge is 2.37. The van der Waals surface area contributed by atoms with E-state index in [4.69, 9.17) is 5.73 Å². The van der Waals surface area contributed by atoms with E-state index in [1.165, 1.54) is 0 Å². The molecule has 0 aliphatic carbocycles. The van der Waals surface area contributed by atoms with E-state index in [1.54, 1.807) is 0 Å². The van der Waals surface area contributed by atoms with Gasteiger partial charge in [-0.1, -0.05) is 0 Å². The number of rotatable bonds is 2. The Bertz CT molecular complexity index is 395. The van der Waals surface area contributed by atoms with Gasteiger partial charge in [0.1, 0.15) is 6.67 Å². The van der Waals surface area contributed by atoms with Gasteiger partial charge in [0.15, 0.2) is 0 Å². The normalized spacial score (nSPS) is 13.9. The molecule has 9 heteroatoms. The van der Waals surface area contributed by atoms with E-state index in [1.807, 2.05) is 0 Å². The highest BCUT2D eigenvalue weighted by molar-refractivity contribution is 5.85. The van der Waals surface area contributed by atoms with E-state index < -0.39 is 41.8 Å². The van der Waals surface area contributed by atoms with Crippen LogP contribution in [0, 0.1) is 0 Å². The van der Waals surface area contributed by atoms with Gasteiger partial charge in [0.25, 0.3) is 0 Å². The summed E-state index contributed by atoms with van der Waals surface area (Å²) in [6.07, 6.45) is -9.90. The smallest absolute Gasteiger partial charge is 0.322 e. The SMILES string of the molecule is Cl.N[C@H](CF)c1cc(C(F)(F)F)cc(C(F)(F)F)c1. The summed E-state index contributed by atoms with van der Waals surface area (Å²) in [5.74, 6) is 0. The minimum atomic E-state index is -4.95. The van der Waals surface area contributed by atoms with Crippen LogP contribution < -0.4 is 5.73 Å². The average Bonchev–Trinajstić information content (AvgIpc) is 2.25. The molecule has 0 aliphatic rings. The number of hydrogen-bond acceptors (Lipinski definition) is 1. The molecule has 0 saturated carbocycles. The molecule has 0 amide bonds. The van der Waals surface area contributed by atoms with E-state index in [2.05, 4.69) is 0 Å². The highest BCUT2D eigenvalue weighted by Crippen LogP contribution is 2.37. The van der Waals surface area contributed by atoms with E-state index in [9.17, 15) is 30.7 Å². The van der Waals surface area contributed by atoms with Crippen molar-refractivity contribution in [3.05, 3.63) is 34.9 Å². The highest BCUT2D eigenvalue weighted by atomic mass is 35.5. The summed E-state index contributed by atoms with van der Waals surface area (Å²) in [6, 6.07) is -0.721. The predicted octanol–water partition coefficient (Wildman–Crippen LogP) is 4.12. The number of alkyl halides is 7. The zero-order valence-corrected chi connectivity index (χ0v) is 9.96. The van der Waals surface area contributed by atoms with E-state index in [0.717, 1.165) is 0 Å². The fraction of sp³-hybridized carbons (Fsp3) is 0.400. The largest absolute Gasteiger partial charge is 0.416 e. The quantitative estimate of drug-likeness (QED) is 0.817. The van der Waals surface area contributed by atoms with E-state index in [0.29, 0.717) is 12.1 Å². The standard InChI is InChI=1S/C10H8F7N.ClH/c11-4-8(18)5-1-6(9(12,13)14)3-7(2-5)10(15,16)17;/h1-3,8H,4,18H2;1H/t8-;/m1./s1. The summed E-state index contributed by atoms with van der Waals surface area (Å²) in [6.45, 7) is -1.25. The van der Waals surface area contributed by atoms with Gasteiger partial charge in [0, 0.05) is 0 Å². The summed E-state index contributed by atoms with van der Waals surface area (Å²) in [5, 5.41) is 0. The lowest BCUT2D eigenvalue weighted by atomic mass is 10.0. The Hall–Kier alpha value is -1.02. The fourth-order valence-corrected chi connectivity index (χ4v) is 1.28. The number of nitrogens with two attached hydrogens (primary N) is 1. The molecule has 110 valence electrons. The van der Waals surface area contributed by atoms with Gasteiger partial charge in [-0.3, -0.25) is 0 Å². The fourth-order valence-electron chi connectivity index (χ4n) is 1.28. The van der Waals surface area contributed by atoms with Gasteiger partial charge in [-0.05, 0) is 23.8 Å². The van der Waals surface area contributed by atoms with Crippen LogP contribution in [0.2, 0.25) is 0 Å². The molecule has 0 fully saturated rings. The molecule has 0 spiro atoms. The van der Waals surface area contributed by atoms with Crippen molar-refractivity contribution in [2.24, 2.45) is 5.73 Å². The zero-order valence-electron chi connectivity index (χ0n) is 9.15. The second kappa shape index (κ2) is 5.96. The number of benzene rings is 1. The Labute approximate surface area is 110 Å². The van der Waals surface area contributed by atoms with Crippen molar-refractivity contribution in [3.8, 4) is 0 Å². The Kier molecular flexibility index (Phi) is 5.64. The third kappa shape index (κ3) is 4.54. The van der Waals surface area contributed by atoms with Gasteiger partial charge in [-0.25, -0.2) is 4.39 Å². The van der Waals surface area contributed by atoms with Crippen molar-refractivity contribution in [1.29, 1.82) is 0 Å². The minimum Gasteiger partial charge on any atom is -0.322 e. The predicted molar refractivity (Wildman–Crippen MR) is 56.6 cm³/mol. The van der Waals surface area contributed by atoms with Crippen LogP contribution >= 0.6 is 12.4 Å². The molecule has 0 saturated heterocycles. The molecule has 1 aromatic carbocycles. The van der Waals surface area contributed by atoms with Crippen molar-refractivity contribution in [2.45, 2.75) is 18.4 Å². The second-order valence-electron chi connectivity index (χ2n) is 3.60. The minimum absolute atomic E-state index is 0. The van der Waals surface area contributed by atoms with Crippen LogP contribution in [-0.2, 0) is 12.4 Å². The topological polar surface area (TPSA) is 26.0 Å². The molecule has 0 aliphatic heterocycles. The second-order valence-corrected chi connectivity index (χ2v) is 3.60. The molecule has 0 aromatic heterocycles. The zero-order chi connectivity index (χ0) is 14.1. The molecular formula is C10H9ClF7N. The first-order valence-corrected chi connectivity index (χ1v) is 4.66. The van der Waals surface area contributed by atoms with Gasteiger partial charge in [-0.15, -0.1) is 12.4 Å². The summed E-state index contributed by atoms with van der Waals surface area (Å²) in [4.78, 5) is 0. The van der Waals surface area contributed by atoms with Gasteiger partial charge in [0.05, 0.1) is 17.2 Å². The van der Waals surface area contributed by atoms with Crippen molar-refractivity contribution in [2.75, 3.05) is 6.67 Å². The molecule has 0 unspecified atom stereocenters. The molecule has 1 atom stereocenters. The maximum absolute atomic E-state index is 12.4. The molecule has 1 aromatic rings. The van der Waals surface area contributed by atoms with Crippen molar-refractivity contribution >= 4 is 12.4 Å². The lowest BCUT2D eigenvalue weighted by Gasteiger charge is -2.16. The third-order valence-corrected chi connectivity index (χ3v) is 2.20. The van der Waals surface area contributed by atoms with Gasteiger partial charge >= 0.3 is 12.4 Å². The molecular weight excluding hydrogens is 303 g/mol. The lowest BCUT2D eigenvalue weighted by Crippen LogP contribution is -2.17. The average molecular weight is 312 g/mol. The van der Waals surface area contributed by atoms with Gasteiger partial charge in [0.2, 0.25) is 0 Å². The molecule has 0 radical (unpaired) electrons. The van der Waals surface area contributed by atoms with Gasteiger partial charge in [-0.2, -0.15) is 26.3 Å². The molecule has 1 rings (SSSR count). The summed E-state index contributed by atoms with van der Waals surface area (Å²) < 4.78 is 86.7. The van der Waals surface area contributed by atoms with Crippen LogP contribution in [0.4, 0.5) is 30.7 Å². The van der Waals surface area contributed by atoms with Gasteiger partial charge < -0.3 is 5.73 Å². The molecule has 1 nitrogen and oxygen atoms in total. The van der Waals surface area contributed by atoms with E-state index in [-0.39, 0.29) is 18.5 Å². The summed E-state index contributed by atoms with van der Waals surface area (Å²) in [5.41, 5.74) is 1.56. The summed E-state index contributed by atoms with van der Waals surface area (Å²) in [7, 11) is 0. The molecule has 0 heterocycles. The van der Waals surface area contributed by atoms with Crippen LogP contribution in [0.25, 0.3) is 0 Å². The maximum atomic E-state index is 12.4. The van der Waals surface area contributed by atoms with Crippen molar-refractivity contribution in [1.82, 2.24) is 0 Å².